The van der Waals surface area contributed by atoms with E-state index >= 15 is 0 Å². The molecular weight excluding hydrogens is 252 g/mol. The van der Waals surface area contributed by atoms with E-state index in [1.165, 1.54) is 0 Å². The number of nitrogens with zero attached hydrogens (tertiary/aromatic N) is 1. The summed E-state index contributed by atoms with van der Waals surface area (Å²) in [7, 11) is 0. The molecule has 0 saturated heterocycles. The largest absolute Gasteiger partial charge is 0.382 e. The smallest absolute Gasteiger partial charge is 0.0948 e. The molecule has 2 aromatic rings. The van der Waals surface area contributed by atoms with Gasteiger partial charge in [-0.25, -0.2) is 0 Å². The molecule has 0 radical (unpaired) electrons. The Kier molecular flexibility index (Phi) is 4.51. The maximum atomic E-state index is 6.14. The molecule has 0 amide bonds. The van der Waals surface area contributed by atoms with Gasteiger partial charge < -0.3 is 5.32 Å². The third-order valence-corrected chi connectivity index (χ3v) is 3.71. The number of pyridine rings is 1. The first-order valence-corrected chi connectivity index (χ1v) is 7.21. The van der Waals surface area contributed by atoms with Gasteiger partial charge in [0.2, 0.25) is 0 Å². The van der Waals surface area contributed by atoms with Crippen molar-refractivity contribution >= 4 is 40.0 Å². The molecular formula is C13H15ClN2S. The Labute approximate surface area is 111 Å². The maximum Gasteiger partial charge on any atom is 0.0948 e. The van der Waals surface area contributed by atoms with Crippen molar-refractivity contribution in [2.45, 2.75) is 6.92 Å². The summed E-state index contributed by atoms with van der Waals surface area (Å²) in [5.74, 6) is 2.26. The number of aromatic nitrogens is 1. The van der Waals surface area contributed by atoms with Crippen LogP contribution in [0.2, 0.25) is 5.02 Å². The molecule has 4 heteroatoms. The van der Waals surface area contributed by atoms with Crippen molar-refractivity contribution in [2.75, 3.05) is 23.4 Å². The summed E-state index contributed by atoms with van der Waals surface area (Å²) in [6.45, 7) is 3.12. The van der Waals surface area contributed by atoms with Crippen molar-refractivity contribution in [3.63, 3.8) is 0 Å². The number of halogens is 1. The zero-order valence-corrected chi connectivity index (χ0v) is 11.3. The van der Waals surface area contributed by atoms with E-state index in [0.717, 1.165) is 39.7 Å². The molecule has 90 valence electrons. The Morgan fingerprint density at radius 2 is 2.24 bits per heavy atom. The zero-order chi connectivity index (χ0) is 12.1. The normalized spacial score (nSPS) is 10.7. The highest BCUT2D eigenvalue weighted by Crippen LogP contribution is 2.27. The molecule has 1 N–H and O–H groups in total. The molecule has 0 fully saturated rings. The van der Waals surface area contributed by atoms with E-state index < -0.39 is 0 Å². The minimum atomic E-state index is 0.751. The van der Waals surface area contributed by atoms with Crippen LogP contribution in [0, 0.1) is 0 Å². The van der Waals surface area contributed by atoms with Gasteiger partial charge in [0.15, 0.2) is 0 Å². The molecule has 1 aromatic heterocycles. The van der Waals surface area contributed by atoms with Crippen LogP contribution in [0.1, 0.15) is 6.92 Å². The van der Waals surface area contributed by atoms with Crippen molar-refractivity contribution in [3.8, 4) is 0 Å². The Balaban J connectivity index is 2.20. The molecule has 0 aliphatic rings. The minimum Gasteiger partial charge on any atom is -0.382 e. The summed E-state index contributed by atoms with van der Waals surface area (Å²) in [5.41, 5.74) is 2.00. The third kappa shape index (κ3) is 3.05. The van der Waals surface area contributed by atoms with E-state index in [4.69, 9.17) is 11.6 Å². The lowest BCUT2D eigenvalue weighted by atomic mass is 10.2. The summed E-state index contributed by atoms with van der Waals surface area (Å²) >= 11 is 8.07. The molecule has 1 aromatic carbocycles. The zero-order valence-electron chi connectivity index (χ0n) is 9.74. The van der Waals surface area contributed by atoms with Gasteiger partial charge >= 0.3 is 0 Å². The summed E-state index contributed by atoms with van der Waals surface area (Å²) < 4.78 is 0. The second kappa shape index (κ2) is 6.12. The van der Waals surface area contributed by atoms with Gasteiger partial charge in [0.25, 0.3) is 0 Å². The summed E-state index contributed by atoms with van der Waals surface area (Å²) in [6.07, 6.45) is 1.80. The van der Waals surface area contributed by atoms with Crippen LogP contribution in [0.25, 0.3) is 10.9 Å². The van der Waals surface area contributed by atoms with Crippen LogP contribution in [0.15, 0.2) is 30.5 Å². The summed E-state index contributed by atoms with van der Waals surface area (Å²) in [4.78, 5) is 4.39. The van der Waals surface area contributed by atoms with E-state index in [1.807, 2.05) is 36.0 Å². The van der Waals surface area contributed by atoms with Gasteiger partial charge in [-0.2, -0.15) is 11.8 Å². The minimum absolute atomic E-state index is 0.751. The average molecular weight is 267 g/mol. The van der Waals surface area contributed by atoms with E-state index in [1.54, 1.807) is 6.20 Å². The first-order chi connectivity index (χ1) is 8.33. The molecule has 2 rings (SSSR count). The number of benzene rings is 1. The number of rotatable bonds is 5. The van der Waals surface area contributed by atoms with Crippen LogP contribution < -0.4 is 5.32 Å². The van der Waals surface area contributed by atoms with Gasteiger partial charge in [0.1, 0.15) is 0 Å². The van der Waals surface area contributed by atoms with Gasteiger partial charge in [-0.15, -0.1) is 0 Å². The van der Waals surface area contributed by atoms with Gasteiger partial charge in [0.05, 0.1) is 16.2 Å². The van der Waals surface area contributed by atoms with Crippen LogP contribution in [0.5, 0.6) is 0 Å². The SMILES string of the molecule is CCSCCNc1ccc(Cl)c2cccnc12. The fourth-order valence-corrected chi connectivity index (χ4v) is 2.43. The number of nitrogens with one attached hydrogen (secondary N) is 1. The molecule has 0 aliphatic carbocycles. The molecule has 17 heavy (non-hydrogen) atoms. The van der Waals surface area contributed by atoms with Gasteiger partial charge in [-0.3, -0.25) is 4.98 Å². The Hall–Kier alpha value is -0.930. The van der Waals surface area contributed by atoms with Crippen molar-refractivity contribution in [2.24, 2.45) is 0 Å². The molecule has 1 heterocycles. The van der Waals surface area contributed by atoms with E-state index in [-0.39, 0.29) is 0 Å². The van der Waals surface area contributed by atoms with Gasteiger partial charge in [0, 0.05) is 23.9 Å². The molecule has 0 unspecified atom stereocenters. The fourth-order valence-electron chi connectivity index (χ4n) is 1.68. The summed E-state index contributed by atoms with van der Waals surface area (Å²) in [6, 6.07) is 7.82. The highest BCUT2D eigenvalue weighted by Gasteiger charge is 2.04. The maximum absolute atomic E-state index is 6.14. The third-order valence-electron chi connectivity index (χ3n) is 2.48. The van der Waals surface area contributed by atoms with Crippen LogP contribution in [0.3, 0.4) is 0 Å². The van der Waals surface area contributed by atoms with Crippen molar-refractivity contribution < 1.29 is 0 Å². The lowest BCUT2D eigenvalue weighted by molar-refractivity contribution is 1.22. The first-order valence-electron chi connectivity index (χ1n) is 5.67. The van der Waals surface area contributed by atoms with Crippen molar-refractivity contribution in [3.05, 3.63) is 35.5 Å². The average Bonchev–Trinajstić information content (AvgIpc) is 2.37. The Morgan fingerprint density at radius 1 is 1.35 bits per heavy atom. The fraction of sp³-hybridized carbons (Fsp3) is 0.308. The van der Waals surface area contributed by atoms with Gasteiger partial charge in [-0.05, 0) is 30.0 Å². The van der Waals surface area contributed by atoms with Gasteiger partial charge in [-0.1, -0.05) is 18.5 Å². The Morgan fingerprint density at radius 3 is 3.06 bits per heavy atom. The van der Waals surface area contributed by atoms with Crippen LogP contribution in [-0.2, 0) is 0 Å². The highest BCUT2D eigenvalue weighted by molar-refractivity contribution is 7.99. The lowest BCUT2D eigenvalue weighted by Crippen LogP contribution is -2.05. The monoisotopic (exact) mass is 266 g/mol. The molecule has 0 spiro atoms. The second-order valence-corrected chi connectivity index (χ2v) is 5.42. The standard InChI is InChI=1S/C13H15ClN2S/c1-2-17-9-8-15-12-6-5-11(14)10-4-3-7-16-13(10)12/h3-7,15H,2,8-9H2,1H3. The van der Waals surface area contributed by atoms with Crippen molar-refractivity contribution in [1.82, 2.24) is 4.98 Å². The first kappa shape index (κ1) is 12.5. The van der Waals surface area contributed by atoms with E-state index in [0.29, 0.717) is 0 Å². The number of thioether (sulfide) groups is 1. The number of anilines is 1. The lowest BCUT2D eigenvalue weighted by Gasteiger charge is -2.09. The molecule has 0 atom stereocenters. The predicted octanol–water partition coefficient (Wildman–Crippen LogP) is 4.05. The van der Waals surface area contributed by atoms with E-state index in [9.17, 15) is 0 Å². The van der Waals surface area contributed by atoms with Crippen LogP contribution in [-0.4, -0.2) is 23.0 Å². The number of fused-ring (bicyclic) bond motifs is 1. The molecule has 0 saturated carbocycles. The Bertz CT molecular complexity index is 502. The highest BCUT2D eigenvalue weighted by atomic mass is 35.5. The van der Waals surface area contributed by atoms with E-state index in [2.05, 4.69) is 17.2 Å². The number of hydrogen-bond acceptors (Lipinski definition) is 3. The number of hydrogen-bond donors (Lipinski definition) is 1. The molecule has 2 nitrogen and oxygen atoms in total. The molecule has 0 aliphatic heterocycles. The van der Waals surface area contributed by atoms with Crippen molar-refractivity contribution in [1.29, 1.82) is 0 Å². The van der Waals surface area contributed by atoms with Crippen LogP contribution >= 0.6 is 23.4 Å². The summed E-state index contributed by atoms with van der Waals surface area (Å²) in [5, 5.41) is 5.16. The second-order valence-electron chi connectivity index (χ2n) is 3.62. The predicted molar refractivity (Wildman–Crippen MR) is 78.2 cm³/mol. The molecule has 0 bridgehead atoms. The topological polar surface area (TPSA) is 24.9 Å². The van der Waals surface area contributed by atoms with Crippen LogP contribution in [0.4, 0.5) is 5.69 Å². The quantitative estimate of drug-likeness (QED) is 0.827.